The number of hydrogen-bond donors (Lipinski definition) is 0. The van der Waals surface area contributed by atoms with Crippen LogP contribution in [0.3, 0.4) is 0 Å². The van der Waals surface area contributed by atoms with Gasteiger partial charge in [0.1, 0.15) is 51.8 Å². The zero-order chi connectivity index (χ0) is 46.5. The predicted molar refractivity (Wildman–Crippen MR) is 219 cm³/mol. The van der Waals surface area contributed by atoms with E-state index in [2.05, 4.69) is 30.7 Å². The molecule has 0 spiro atoms. The maximum Gasteiger partial charge on any atom is 1.00 e. The molecule has 0 amide bonds. The molecule has 22 nitrogen and oxygen atoms in total. The Kier molecular flexibility index (Phi) is 23.0. The van der Waals surface area contributed by atoms with Crippen LogP contribution in [-0.4, -0.2) is 61.6 Å². The molecule has 0 aliphatic carbocycles. The molecule has 0 aromatic heterocycles. The number of hydrogen-bond acceptors (Lipinski definition) is 20. The van der Waals surface area contributed by atoms with Crippen molar-refractivity contribution in [1.29, 1.82) is 0 Å². The molecule has 0 aliphatic heterocycles. The van der Waals surface area contributed by atoms with Crippen LogP contribution in [-0.2, 0) is 40.5 Å². The van der Waals surface area contributed by atoms with E-state index in [4.69, 9.17) is 0 Å². The summed E-state index contributed by atoms with van der Waals surface area (Å²) in [5.41, 5.74) is -0.117. The summed E-state index contributed by atoms with van der Waals surface area (Å²) in [4.78, 5) is -2.33. The zero-order valence-corrected chi connectivity index (χ0v) is 47.0. The van der Waals surface area contributed by atoms with Crippen LogP contribution in [0.25, 0.3) is 12.2 Å². The molecule has 328 valence electrons. The molecule has 0 heterocycles. The molecule has 0 atom stereocenters. The maximum atomic E-state index is 12.9. The van der Waals surface area contributed by atoms with E-state index in [0.29, 0.717) is 5.69 Å². The Morgan fingerprint density at radius 1 is 0.353 bits per heavy atom. The first kappa shape index (κ1) is 60.8. The third-order valence-electron chi connectivity index (χ3n) is 8.34. The van der Waals surface area contributed by atoms with E-state index in [1.807, 2.05) is 0 Å². The van der Waals surface area contributed by atoms with Gasteiger partial charge in [0.2, 0.25) is 11.4 Å². The molecule has 0 aliphatic rings. The topological polar surface area (TPSA) is 355 Å². The van der Waals surface area contributed by atoms with Gasteiger partial charge in [-0.3, -0.25) is 0 Å². The van der Waals surface area contributed by atoms with Gasteiger partial charge in [0, 0.05) is 34.5 Å². The Morgan fingerprint density at radius 2 is 0.647 bits per heavy atom. The molecule has 0 radical (unpaired) electrons. The molecule has 6 aromatic rings. The molecule has 0 fully saturated rings. The average Bonchev–Trinajstić information content (AvgIpc) is 3.24. The van der Waals surface area contributed by atoms with Crippen molar-refractivity contribution in [2.75, 3.05) is 0 Å². The quantitative estimate of drug-likeness (QED) is 0.0252. The number of benzene rings is 6. The minimum absolute atomic E-state index is 0. The number of rotatable bonds is 14. The van der Waals surface area contributed by atoms with Gasteiger partial charge >= 0.3 is 118 Å². The molecule has 30 heteroatoms. The molecule has 0 unspecified atom stereocenters. The van der Waals surface area contributed by atoms with E-state index in [-0.39, 0.29) is 179 Å². The van der Waals surface area contributed by atoms with Gasteiger partial charge in [-0.1, -0.05) is 27.9 Å². The third kappa shape index (κ3) is 17.2. The van der Waals surface area contributed by atoms with Crippen molar-refractivity contribution >= 4 is 98.1 Å². The minimum Gasteiger partial charge on any atom is -0.744 e. The predicted octanol–water partition coefficient (Wildman–Crippen LogP) is -3.83. The summed E-state index contributed by atoms with van der Waals surface area (Å²) < 4.78 is 140. The van der Waals surface area contributed by atoms with Crippen LogP contribution in [0, 0.1) is 10.4 Å². The van der Waals surface area contributed by atoms with Crippen molar-refractivity contribution in [2.24, 2.45) is 30.7 Å². The van der Waals surface area contributed by atoms with Crippen molar-refractivity contribution in [3.8, 4) is 0 Å². The Morgan fingerprint density at radius 3 is 1.06 bits per heavy atom. The zero-order valence-electron chi connectivity index (χ0n) is 35.8. The molecule has 6 rings (SSSR count). The molecule has 6 aromatic carbocycles. The van der Waals surface area contributed by atoms with Gasteiger partial charge in [-0.05, 0) is 114 Å². The second kappa shape index (κ2) is 25.7. The largest absolute Gasteiger partial charge is 1.00 e. The fraction of sp³-hybridized carbons (Fsp3) is 0. The normalized spacial score (nSPS) is 12.5. The molecular weight excluding hydrogens is 1010 g/mol. The summed E-state index contributed by atoms with van der Waals surface area (Å²) in [6.45, 7) is 0. The smallest absolute Gasteiger partial charge is 0.744 e. The summed E-state index contributed by atoms with van der Waals surface area (Å²) >= 11 is 0. The first-order chi connectivity index (χ1) is 30.0. The van der Waals surface area contributed by atoms with Gasteiger partial charge in [0.05, 0.1) is 42.3 Å². The first-order valence-electron chi connectivity index (χ1n) is 17.4. The summed E-state index contributed by atoms with van der Waals surface area (Å²) in [5.74, 6) is 0. The number of azo groups is 4. The van der Waals surface area contributed by atoms with Crippen LogP contribution in [0.5, 0.6) is 0 Å². The van der Waals surface area contributed by atoms with E-state index >= 15 is 0 Å². The van der Waals surface area contributed by atoms with Gasteiger partial charge < -0.3 is 28.6 Å². The average molecular weight is 1040 g/mol. The molecule has 0 saturated heterocycles. The fourth-order valence-electron chi connectivity index (χ4n) is 5.26. The molecule has 0 bridgehead atoms. The van der Waals surface area contributed by atoms with Crippen molar-refractivity contribution < 1.29 is 180 Å². The van der Waals surface area contributed by atoms with Gasteiger partial charge in [-0.15, -0.1) is 0 Å². The summed E-state index contributed by atoms with van der Waals surface area (Å²) in [6, 6.07) is 26.2. The SMILES string of the molecule is O=S(=O)([O-])c1ccc(N=Nc2ccc(N=[N+]([O-])c3ccc(/C=C/c4ccc(N=Nc5ccc([N+]([O-])=Nc6ccc(S(=O)(=O)[O-])cc6)cc5)cc4S(=O)(=O)[O-])c(S(=O)(=O)[O-])c3)cc2)cc1.[Na+].[Na+].[Na+].[Na+]. The fourth-order valence-corrected chi connectivity index (χ4v) is 7.58. The maximum absolute atomic E-state index is 12.9. The Hall–Kier alpha value is -3.30. The van der Waals surface area contributed by atoms with Crippen molar-refractivity contribution in [2.45, 2.75) is 19.6 Å². The standard InChI is InChI=1S/C38H28N8O14S4.4Na/c47-45(43-31-14-21-36(22-15-31)62(52,53)54)33-17-10-28(11-18-33)41-42-32-5-3-25(37(23-32)63(55,56)57)1-2-26-4-16-34(24-38(26)64(58,59)60)46(48)44-30-8-6-27(7-9-30)39-40-29-12-19-35(20-13-29)61(49,50)51;;;;/h1-24H,(H,49,50,51)(H,52,53,54)(H,55,56,57)(H,58,59,60);;;;/q;4*+1/p-4/b2-1+,40-39?,42-41?,45-43?,46-44?;;;;. The van der Waals surface area contributed by atoms with E-state index in [1.54, 1.807) is 0 Å². The number of nitrogens with zero attached hydrogens (tertiary/aromatic N) is 8. The van der Waals surface area contributed by atoms with Gasteiger partial charge in [-0.25, -0.2) is 33.7 Å². The van der Waals surface area contributed by atoms with E-state index in [1.165, 1.54) is 72.8 Å². The van der Waals surface area contributed by atoms with Crippen molar-refractivity contribution in [3.63, 3.8) is 0 Å². The van der Waals surface area contributed by atoms with Crippen molar-refractivity contribution in [1.82, 2.24) is 0 Å². The first-order valence-corrected chi connectivity index (χ1v) is 23.1. The van der Waals surface area contributed by atoms with Crippen LogP contribution in [0.2, 0.25) is 0 Å². The van der Waals surface area contributed by atoms with Crippen LogP contribution < -0.4 is 118 Å². The summed E-state index contributed by atoms with van der Waals surface area (Å²) in [6.07, 6.45) is 2.09. The van der Waals surface area contributed by atoms with Crippen LogP contribution in [0.4, 0.5) is 45.5 Å². The molecular formula is C38H24N8Na4O14S4. The molecule has 68 heavy (non-hydrogen) atoms. The van der Waals surface area contributed by atoms with Gasteiger partial charge in [-0.2, -0.15) is 20.5 Å². The Bertz CT molecular complexity index is 3390. The van der Waals surface area contributed by atoms with E-state index in [0.717, 1.165) is 72.8 Å². The minimum atomic E-state index is -5.26. The monoisotopic (exact) mass is 1040 g/mol. The second-order valence-corrected chi connectivity index (χ2v) is 18.2. The van der Waals surface area contributed by atoms with Crippen molar-refractivity contribution in [3.05, 3.63) is 155 Å². The Balaban J connectivity index is 0.00000397. The second-order valence-electron chi connectivity index (χ2n) is 12.8. The van der Waals surface area contributed by atoms with Crippen LogP contribution in [0.1, 0.15) is 11.1 Å². The Labute approximate surface area is 477 Å². The van der Waals surface area contributed by atoms with Crippen LogP contribution in [0.15, 0.2) is 184 Å². The van der Waals surface area contributed by atoms with E-state index in [9.17, 15) is 62.3 Å². The van der Waals surface area contributed by atoms with Gasteiger partial charge in [0.15, 0.2) is 0 Å². The molecule has 0 N–H and O–H groups in total. The van der Waals surface area contributed by atoms with Gasteiger partial charge in [0.25, 0.3) is 0 Å². The summed E-state index contributed by atoms with van der Waals surface area (Å²) in [5, 5.41) is 48.8. The van der Waals surface area contributed by atoms with Crippen LogP contribution >= 0.6 is 0 Å². The van der Waals surface area contributed by atoms with E-state index < -0.39 is 60.1 Å². The third-order valence-corrected chi connectivity index (χ3v) is 11.8. The molecule has 0 saturated carbocycles. The summed E-state index contributed by atoms with van der Waals surface area (Å²) in [7, 11) is -19.8.